The molecule has 110 valence electrons. The van der Waals surface area contributed by atoms with Gasteiger partial charge in [0.25, 0.3) is 5.91 Å². The molecule has 0 spiro atoms. The molecule has 3 rings (SSSR count). The fraction of sp³-hybridized carbons (Fsp3) is 0. The third-order valence-corrected chi connectivity index (χ3v) is 3.78. The molecule has 3 aromatic rings. The van der Waals surface area contributed by atoms with Crippen molar-refractivity contribution < 1.29 is 4.79 Å². The molecule has 0 atom stereocenters. The number of amides is 1. The predicted molar refractivity (Wildman–Crippen MR) is 90.7 cm³/mol. The van der Waals surface area contributed by atoms with Crippen LogP contribution in [0.5, 0.6) is 0 Å². The maximum atomic E-state index is 12.2. The maximum absolute atomic E-state index is 12.2. The number of nitrogens with zero attached hydrogens (tertiary/aromatic N) is 2. The van der Waals surface area contributed by atoms with Gasteiger partial charge in [-0.25, -0.2) is 4.68 Å². The van der Waals surface area contributed by atoms with Gasteiger partial charge < -0.3 is 5.32 Å². The van der Waals surface area contributed by atoms with Crippen molar-refractivity contribution in [2.24, 2.45) is 0 Å². The number of hydrogen-bond donors (Lipinski definition) is 1. The lowest BCUT2D eigenvalue weighted by Gasteiger charge is -2.03. The zero-order valence-electron chi connectivity index (χ0n) is 11.3. The molecule has 0 unspecified atom stereocenters. The largest absolute Gasteiger partial charge is 0.322 e. The van der Waals surface area contributed by atoms with Crippen molar-refractivity contribution in [3.63, 3.8) is 0 Å². The van der Waals surface area contributed by atoms with E-state index in [1.54, 1.807) is 35.1 Å². The number of nitrogens with one attached hydrogen (secondary N) is 1. The smallest absolute Gasteiger partial charge is 0.258 e. The molecule has 22 heavy (non-hydrogen) atoms. The highest BCUT2D eigenvalue weighted by Crippen LogP contribution is 2.17. The van der Waals surface area contributed by atoms with Crippen LogP contribution in [0, 0.1) is 0 Å². The molecule has 0 aliphatic carbocycles. The zero-order chi connectivity index (χ0) is 15.5. The summed E-state index contributed by atoms with van der Waals surface area (Å²) in [5.74, 6) is -0.231. The fourth-order valence-corrected chi connectivity index (χ4v) is 2.40. The van der Waals surface area contributed by atoms with Crippen molar-refractivity contribution in [3.05, 3.63) is 76.0 Å². The Balaban J connectivity index is 1.78. The molecule has 1 aromatic heterocycles. The molecule has 0 bridgehead atoms. The summed E-state index contributed by atoms with van der Waals surface area (Å²) >= 11 is 9.28. The molecule has 4 nitrogen and oxygen atoms in total. The van der Waals surface area contributed by atoms with E-state index in [2.05, 4.69) is 26.3 Å². The normalized spacial score (nSPS) is 10.5. The summed E-state index contributed by atoms with van der Waals surface area (Å²) in [7, 11) is 0. The number of anilines is 1. The Morgan fingerprint density at radius 3 is 2.68 bits per heavy atom. The monoisotopic (exact) mass is 375 g/mol. The molecule has 1 amide bonds. The Hall–Kier alpha value is -2.11. The number of rotatable bonds is 3. The van der Waals surface area contributed by atoms with Crippen molar-refractivity contribution in [3.8, 4) is 5.69 Å². The quantitative estimate of drug-likeness (QED) is 0.729. The van der Waals surface area contributed by atoms with Crippen molar-refractivity contribution in [1.29, 1.82) is 0 Å². The fourth-order valence-electron chi connectivity index (χ4n) is 1.94. The summed E-state index contributed by atoms with van der Waals surface area (Å²) in [5, 5.41) is 7.57. The van der Waals surface area contributed by atoms with E-state index in [9.17, 15) is 4.79 Å². The highest BCUT2D eigenvalue weighted by molar-refractivity contribution is 9.10. The van der Waals surface area contributed by atoms with Gasteiger partial charge in [-0.2, -0.15) is 5.10 Å². The summed E-state index contributed by atoms with van der Waals surface area (Å²) in [6, 6.07) is 14.7. The standard InChI is InChI=1S/C16H11BrClN3O/c17-12-4-6-15(7-5-12)21-10-11(9-19-21)16(22)20-14-3-1-2-13(18)8-14/h1-10H,(H,20,22). The van der Waals surface area contributed by atoms with Gasteiger partial charge in [0.15, 0.2) is 0 Å². The van der Waals surface area contributed by atoms with Gasteiger partial charge in [-0.1, -0.05) is 33.6 Å². The SMILES string of the molecule is O=C(Nc1cccc(Cl)c1)c1cnn(-c2ccc(Br)cc2)c1. The lowest BCUT2D eigenvalue weighted by atomic mass is 10.3. The minimum absolute atomic E-state index is 0.231. The summed E-state index contributed by atoms with van der Waals surface area (Å²) in [6.45, 7) is 0. The van der Waals surface area contributed by atoms with Crippen LogP contribution in [0.25, 0.3) is 5.69 Å². The molecule has 0 aliphatic rings. The molecule has 0 saturated heterocycles. The molecule has 2 aromatic carbocycles. The van der Waals surface area contributed by atoms with Gasteiger partial charge in [-0.3, -0.25) is 4.79 Å². The van der Waals surface area contributed by atoms with E-state index in [4.69, 9.17) is 11.6 Å². The van der Waals surface area contributed by atoms with Gasteiger partial charge >= 0.3 is 0 Å². The lowest BCUT2D eigenvalue weighted by Crippen LogP contribution is -2.10. The van der Waals surface area contributed by atoms with Gasteiger partial charge in [-0.05, 0) is 42.5 Å². The average molecular weight is 377 g/mol. The molecular weight excluding hydrogens is 366 g/mol. The zero-order valence-corrected chi connectivity index (χ0v) is 13.7. The maximum Gasteiger partial charge on any atom is 0.258 e. The summed E-state index contributed by atoms with van der Waals surface area (Å²) < 4.78 is 2.64. The van der Waals surface area contributed by atoms with E-state index < -0.39 is 0 Å². The highest BCUT2D eigenvalue weighted by Gasteiger charge is 2.10. The van der Waals surface area contributed by atoms with Crippen LogP contribution >= 0.6 is 27.5 Å². The summed E-state index contributed by atoms with van der Waals surface area (Å²) in [6.07, 6.45) is 3.21. The highest BCUT2D eigenvalue weighted by atomic mass is 79.9. The van der Waals surface area contributed by atoms with Crippen LogP contribution in [0.4, 0.5) is 5.69 Å². The van der Waals surface area contributed by atoms with Crippen molar-refractivity contribution in [1.82, 2.24) is 9.78 Å². The van der Waals surface area contributed by atoms with Gasteiger partial charge in [0.05, 0.1) is 17.4 Å². The lowest BCUT2D eigenvalue weighted by molar-refractivity contribution is 0.102. The van der Waals surface area contributed by atoms with Crippen LogP contribution in [0.1, 0.15) is 10.4 Å². The number of aromatic nitrogens is 2. The first-order valence-electron chi connectivity index (χ1n) is 6.49. The van der Waals surface area contributed by atoms with Crippen molar-refractivity contribution in [2.45, 2.75) is 0 Å². The Morgan fingerprint density at radius 2 is 1.95 bits per heavy atom. The molecule has 6 heteroatoms. The Morgan fingerprint density at radius 1 is 1.18 bits per heavy atom. The second kappa shape index (κ2) is 6.34. The molecule has 0 aliphatic heterocycles. The number of benzene rings is 2. The molecule has 1 N–H and O–H groups in total. The van der Waals surface area contributed by atoms with E-state index in [0.717, 1.165) is 10.2 Å². The van der Waals surface area contributed by atoms with Gasteiger partial charge in [0, 0.05) is 21.4 Å². The number of carbonyl (C=O) groups is 1. The minimum Gasteiger partial charge on any atom is -0.322 e. The van der Waals surface area contributed by atoms with E-state index >= 15 is 0 Å². The predicted octanol–water partition coefficient (Wildman–Crippen LogP) is 4.54. The van der Waals surface area contributed by atoms with E-state index in [1.165, 1.54) is 6.20 Å². The molecular formula is C16H11BrClN3O. The van der Waals surface area contributed by atoms with Crippen LogP contribution in [-0.4, -0.2) is 15.7 Å². The van der Waals surface area contributed by atoms with Crippen LogP contribution in [0.15, 0.2) is 65.4 Å². The first-order chi connectivity index (χ1) is 10.6. The third kappa shape index (κ3) is 3.37. The summed E-state index contributed by atoms with van der Waals surface area (Å²) in [5.41, 5.74) is 2.00. The second-order valence-electron chi connectivity index (χ2n) is 4.61. The van der Waals surface area contributed by atoms with Gasteiger partial charge in [-0.15, -0.1) is 0 Å². The Kier molecular flexibility index (Phi) is 4.27. The van der Waals surface area contributed by atoms with Crippen LogP contribution in [0.3, 0.4) is 0 Å². The van der Waals surface area contributed by atoms with E-state index in [-0.39, 0.29) is 5.91 Å². The molecule has 0 fully saturated rings. The van der Waals surface area contributed by atoms with Crippen LogP contribution in [-0.2, 0) is 0 Å². The van der Waals surface area contributed by atoms with Crippen LogP contribution in [0.2, 0.25) is 5.02 Å². The second-order valence-corrected chi connectivity index (χ2v) is 5.97. The van der Waals surface area contributed by atoms with Crippen molar-refractivity contribution >= 4 is 39.1 Å². The Labute approximate surface area is 140 Å². The summed E-state index contributed by atoms with van der Waals surface area (Å²) in [4.78, 5) is 12.2. The van der Waals surface area contributed by atoms with Gasteiger partial charge in [0.1, 0.15) is 0 Å². The Bertz CT molecular complexity index is 814. The van der Waals surface area contributed by atoms with E-state index in [1.807, 2.05) is 24.3 Å². The molecule has 1 heterocycles. The van der Waals surface area contributed by atoms with Gasteiger partial charge in [0.2, 0.25) is 0 Å². The van der Waals surface area contributed by atoms with E-state index in [0.29, 0.717) is 16.3 Å². The average Bonchev–Trinajstić information content (AvgIpc) is 2.98. The van der Waals surface area contributed by atoms with Crippen molar-refractivity contribution in [2.75, 3.05) is 5.32 Å². The number of carbonyl (C=O) groups excluding carboxylic acids is 1. The number of halogens is 2. The van der Waals surface area contributed by atoms with Crippen LogP contribution < -0.4 is 5.32 Å². The topological polar surface area (TPSA) is 46.9 Å². The molecule has 0 radical (unpaired) electrons. The number of hydrogen-bond acceptors (Lipinski definition) is 2. The first-order valence-corrected chi connectivity index (χ1v) is 7.66. The molecule has 0 saturated carbocycles. The minimum atomic E-state index is -0.231. The third-order valence-electron chi connectivity index (χ3n) is 3.02. The first kappa shape index (κ1) is 14.8.